The molecule has 4 heterocycles. The second kappa shape index (κ2) is 11.1. The zero-order chi connectivity index (χ0) is 33.5. The Balaban J connectivity index is 1.08. The Morgan fingerprint density at radius 3 is 2.20 bits per heavy atom. The molecule has 0 saturated heterocycles. The zero-order valence-corrected chi connectivity index (χ0v) is 28.0. The molecule has 11 rings (SSSR count). The second-order valence-electron chi connectivity index (χ2n) is 13.1. The molecule has 6 aromatic carbocycles. The van der Waals surface area contributed by atoms with E-state index < -0.39 is 0 Å². The first kappa shape index (κ1) is 28.5. The molecule has 6 heteroatoms. The van der Waals surface area contributed by atoms with Crippen LogP contribution in [0.1, 0.15) is 17.0 Å². The van der Waals surface area contributed by atoms with Crippen molar-refractivity contribution in [3.05, 3.63) is 163 Å². The monoisotopic (exact) mass is 673 g/mol. The van der Waals surface area contributed by atoms with Crippen LogP contribution in [0.5, 0.6) is 5.75 Å². The lowest BCUT2D eigenvalue weighted by atomic mass is 9.84. The van der Waals surface area contributed by atoms with E-state index in [0.717, 1.165) is 49.9 Å². The fourth-order valence-electron chi connectivity index (χ4n) is 7.71. The molecular formula is C45H27N3O2S. The molecule has 51 heavy (non-hydrogen) atoms. The highest BCUT2D eigenvalue weighted by Gasteiger charge is 2.36. The van der Waals surface area contributed by atoms with Gasteiger partial charge in [-0.25, -0.2) is 15.0 Å². The average Bonchev–Trinajstić information content (AvgIpc) is 3.88. The van der Waals surface area contributed by atoms with Crippen LogP contribution in [0.15, 0.2) is 156 Å². The Morgan fingerprint density at radius 2 is 1.27 bits per heavy atom. The molecule has 2 aliphatic rings. The average molecular weight is 674 g/mol. The standard InChI is InChI=1S/C45H27N3O2S/c1-2-10-26(11-3-1)43-46-44(48-45(47-43)33-16-8-14-31-29-12-4-6-17-36(29)50-42(31)33)32-15-9-18-38-41(32)35-25-27(20-22-37(35)49-38)28-21-23-40-34(24-28)30-13-5-7-19-39(30)51-40/h1-25,35,37H. The number of para-hydroxylation sites is 2. The van der Waals surface area contributed by atoms with Gasteiger partial charge in [-0.2, -0.15) is 0 Å². The van der Waals surface area contributed by atoms with Gasteiger partial charge in [-0.05, 0) is 53.6 Å². The number of fused-ring (bicyclic) bond motifs is 9. The lowest BCUT2D eigenvalue weighted by Gasteiger charge is -2.20. The molecule has 2 unspecified atom stereocenters. The largest absolute Gasteiger partial charge is 0.485 e. The molecule has 0 bridgehead atoms. The van der Waals surface area contributed by atoms with Crippen LogP contribution < -0.4 is 4.74 Å². The third kappa shape index (κ3) is 4.50. The van der Waals surface area contributed by atoms with Crippen molar-refractivity contribution in [2.24, 2.45) is 0 Å². The van der Waals surface area contributed by atoms with Crippen LogP contribution in [0.3, 0.4) is 0 Å². The number of aromatic nitrogens is 3. The molecule has 0 saturated carbocycles. The normalized spacial score (nSPS) is 16.4. The topological polar surface area (TPSA) is 61.0 Å². The third-order valence-electron chi connectivity index (χ3n) is 10.1. The summed E-state index contributed by atoms with van der Waals surface area (Å²) in [6.45, 7) is 0. The molecule has 0 radical (unpaired) electrons. The number of hydrogen-bond acceptors (Lipinski definition) is 6. The zero-order valence-electron chi connectivity index (χ0n) is 27.2. The summed E-state index contributed by atoms with van der Waals surface area (Å²) in [6.07, 6.45) is 6.63. The summed E-state index contributed by atoms with van der Waals surface area (Å²) in [6, 6.07) is 46.0. The van der Waals surface area contributed by atoms with Crippen molar-refractivity contribution in [3.8, 4) is 39.9 Å². The summed E-state index contributed by atoms with van der Waals surface area (Å²) in [5.41, 5.74) is 7.73. The van der Waals surface area contributed by atoms with E-state index in [0.29, 0.717) is 17.5 Å². The van der Waals surface area contributed by atoms with Gasteiger partial charge in [-0.15, -0.1) is 11.3 Å². The summed E-state index contributed by atoms with van der Waals surface area (Å²) in [5.74, 6) is 2.61. The van der Waals surface area contributed by atoms with E-state index in [1.807, 2.05) is 78.1 Å². The van der Waals surface area contributed by atoms with Gasteiger partial charge < -0.3 is 9.15 Å². The number of rotatable bonds is 4. The maximum Gasteiger partial charge on any atom is 0.167 e. The Labute approximate surface area is 296 Å². The van der Waals surface area contributed by atoms with Crippen molar-refractivity contribution >= 4 is 59.0 Å². The third-order valence-corrected chi connectivity index (χ3v) is 11.3. The fourth-order valence-corrected chi connectivity index (χ4v) is 8.80. The fraction of sp³-hybridized carbons (Fsp3) is 0.0444. The maximum atomic E-state index is 6.58. The second-order valence-corrected chi connectivity index (χ2v) is 14.2. The molecule has 1 aliphatic heterocycles. The van der Waals surface area contributed by atoms with Gasteiger partial charge in [0.15, 0.2) is 17.5 Å². The van der Waals surface area contributed by atoms with Gasteiger partial charge in [0.25, 0.3) is 0 Å². The van der Waals surface area contributed by atoms with Crippen LogP contribution in [-0.2, 0) is 0 Å². The lowest BCUT2D eigenvalue weighted by molar-refractivity contribution is 0.269. The van der Waals surface area contributed by atoms with Crippen molar-refractivity contribution in [2.75, 3.05) is 0 Å². The first-order valence-electron chi connectivity index (χ1n) is 17.1. The molecule has 0 N–H and O–H groups in total. The van der Waals surface area contributed by atoms with Crippen LogP contribution in [0, 0.1) is 0 Å². The van der Waals surface area contributed by atoms with E-state index in [1.165, 1.54) is 31.3 Å². The smallest absolute Gasteiger partial charge is 0.167 e. The van der Waals surface area contributed by atoms with Crippen LogP contribution in [-0.4, -0.2) is 21.1 Å². The Kier molecular flexibility index (Phi) is 6.18. The minimum absolute atomic E-state index is 0.00897. The molecule has 0 amide bonds. The highest BCUT2D eigenvalue weighted by molar-refractivity contribution is 7.25. The SMILES string of the molecule is C1=CC2Oc3cccc(-c4nc(-c5ccccc5)nc(-c5cccc6c5oc5ccccc56)n4)c3C2C=C1c1ccc2sc3ccccc3c2c1. The van der Waals surface area contributed by atoms with Gasteiger partial charge in [0.1, 0.15) is 23.0 Å². The summed E-state index contributed by atoms with van der Waals surface area (Å²) in [5, 5.41) is 4.69. The number of nitrogens with zero attached hydrogens (tertiary/aromatic N) is 3. The number of benzene rings is 6. The van der Waals surface area contributed by atoms with Crippen LogP contribution in [0.25, 0.3) is 81.8 Å². The van der Waals surface area contributed by atoms with Crippen molar-refractivity contribution in [3.63, 3.8) is 0 Å². The molecule has 5 nitrogen and oxygen atoms in total. The van der Waals surface area contributed by atoms with E-state index >= 15 is 0 Å². The first-order valence-corrected chi connectivity index (χ1v) is 17.9. The molecule has 9 aromatic rings. The van der Waals surface area contributed by atoms with Crippen molar-refractivity contribution in [2.45, 2.75) is 12.0 Å². The first-order chi connectivity index (χ1) is 25.2. The van der Waals surface area contributed by atoms with Crippen molar-refractivity contribution in [1.29, 1.82) is 0 Å². The van der Waals surface area contributed by atoms with Crippen LogP contribution in [0.2, 0.25) is 0 Å². The predicted octanol–water partition coefficient (Wildman–Crippen LogP) is 11.6. The Bertz CT molecular complexity index is 2920. The van der Waals surface area contributed by atoms with Crippen LogP contribution in [0.4, 0.5) is 0 Å². The number of furan rings is 1. The van der Waals surface area contributed by atoms with Gasteiger partial charge in [0.2, 0.25) is 0 Å². The number of ether oxygens (including phenoxy) is 1. The maximum absolute atomic E-state index is 6.58. The molecule has 2 atom stereocenters. The Morgan fingerprint density at radius 1 is 0.549 bits per heavy atom. The van der Waals surface area contributed by atoms with Gasteiger partial charge >= 0.3 is 0 Å². The molecule has 3 aromatic heterocycles. The summed E-state index contributed by atoms with van der Waals surface area (Å²) >= 11 is 1.84. The number of allylic oxidation sites excluding steroid dienone is 2. The van der Waals surface area contributed by atoms with E-state index in [4.69, 9.17) is 24.1 Å². The minimum atomic E-state index is -0.116. The Hall–Kier alpha value is -6.37. The van der Waals surface area contributed by atoms with E-state index in [1.54, 1.807) is 0 Å². The molecule has 0 spiro atoms. The quantitative estimate of drug-likeness (QED) is 0.186. The predicted molar refractivity (Wildman–Crippen MR) is 207 cm³/mol. The number of hydrogen-bond donors (Lipinski definition) is 0. The molecule has 240 valence electrons. The van der Waals surface area contributed by atoms with E-state index in [2.05, 4.69) is 85.0 Å². The van der Waals surface area contributed by atoms with Gasteiger partial charge in [0, 0.05) is 53.6 Å². The molecular weight excluding hydrogens is 647 g/mol. The van der Waals surface area contributed by atoms with Gasteiger partial charge in [-0.3, -0.25) is 0 Å². The van der Waals surface area contributed by atoms with Gasteiger partial charge in [0.05, 0.1) is 5.56 Å². The number of thiophene rings is 1. The summed E-state index contributed by atoms with van der Waals surface area (Å²) < 4.78 is 15.6. The molecule has 1 aliphatic carbocycles. The lowest BCUT2D eigenvalue weighted by Crippen LogP contribution is -2.17. The summed E-state index contributed by atoms with van der Waals surface area (Å²) in [4.78, 5) is 15.4. The highest BCUT2D eigenvalue weighted by atomic mass is 32.1. The molecule has 0 fully saturated rings. The van der Waals surface area contributed by atoms with E-state index in [9.17, 15) is 0 Å². The van der Waals surface area contributed by atoms with E-state index in [-0.39, 0.29) is 12.0 Å². The van der Waals surface area contributed by atoms with Crippen molar-refractivity contribution < 1.29 is 9.15 Å². The highest BCUT2D eigenvalue weighted by Crippen LogP contribution is 2.48. The van der Waals surface area contributed by atoms with Crippen LogP contribution >= 0.6 is 11.3 Å². The minimum Gasteiger partial charge on any atom is -0.485 e. The summed E-state index contributed by atoms with van der Waals surface area (Å²) in [7, 11) is 0. The van der Waals surface area contributed by atoms with Crippen molar-refractivity contribution in [1.82, 2.24) is 15.0 Å². The van der Waals surface area contributed by atoms with Gasteiger partial charge in [-0.1, -0.05) is 109 Å².